The van der Waals surface area contributed by atoms with E-state index in [1.165, 1.54) is 24.3 Å². The predicted molar refractivity (Wildman–Crippen MR) is 117 cm³/mol. The number of hydrogen-bond donors (Lipinski definition) is 1. The van der Waals surface area contributed by atoms with Crippen molar-refractivity contribution in [1.29, 1.82) is 0 Å². The molecule has 0 atom stereocenters. The molecule has 0 radical (unpaired) electrons. The number of benzene rings is 2. The summed E-state index contributed by atoms with van der Waals surface area (Å²) in [5.41, 5.74) is 1.08. The number of amides is 4. The van der Waals surface area contributed by atoms with Crippen molar-refractivity contribution in [3.63, 3.8) is 0 Å². The summed E-state index contributed by atoms with van der Waals surface area (Å²) in [4.78, 5) is 38.6. The summed E-state index contributed by atoms with van der Waals surface area (Å²) >= 11 is 18.5. The van der Waals surface area contributed by atoms with Crippen molar-refractivity contribution in [3.05, 3.63) is 62.1 Å². The van der Waals surface area contributed by atoms with E-state index < -0.39 is 17.8 Å². The Morgan fingerprint density at radius 3 is 2.37 bits per heavy atom. The molecule has 3 rings (SSSR count). The number of ether oxygens (including phenoxy) is 1. The normalized spacial score (nSPS) is 15.6. The first-order valence-electron chi connectivity index (χ1n) is 9.02. The summed E-state index contributed by atoms with van der Waals surface area (Å²) in [6, 6.07) is 6.99. The Bertz CT molecular complexity index is 1060. The maximum absolute atomic E-state index is 13.0. The van der Waals surface area contributed by atoms with E-state index in [2.05, 4.69) is 5.32 Å². The summed E-state index contributed by atoms with van der Waals surface area (Å²) < 4.78 is 5.52. The van der Waals surface area contributed by atoms with Gasteiger partial charge in [-0.3, -0.25) is 14.9 Å². The Kier molecular flexibility index (Phi) is 6.71. The molecule has 9 heteroatoms. The fourth-order valence-electron chi connectivity index (χ4n) is 2.87. The molecular weight excluding hydrogens is 451 g/mol. The molecule has 1 aliphatic heterocycles. The molecule has 156 valence electrons. The van der Waals surface area contributed by atoms with Gasteiger partial charge in [0.2, 0.25) is 0 Å². The van der Waals surface area contributed by atoms with Gasteiger partial charge in [-0.15, -0.1) is 0 Å². The van der Waals surface area contributed by atoms with Gasteiger partial charge in [0.25, 0.3) is 11.8 Å². The molecule has 0 unspecified atom stereocenters. The van der Waals surface area contributed by atoms with Crippen molar-refractivity contribution < 1.29 is 19.1 Å². The van der Waals surface area contributed by atoms with E-state index in [0.717, 1.165) is 11.3 Å². The second kappa shape index (κ2) is 9.08. The van der Waals surface area contributed by atoms with E-state index in [0.29, 0.717) is 28.5 Å². The van der Waals surface area contributed by atoms with Crippen LogP contribution in [0.4, 0.5) is 10.5 Å². The largest absolute Gasteiger partial charge is 0.490 e. The second-order valence-corrected chi connectivity index (χ2v) is 7.80. The Labute approximate surface area is 188 Å². The molecule has 1 aliphatic rings. The predicted octanol–water partition coefficient (Wildman–Crippen LogP) is 5.41. The van der Waals surface area contributed by atoms with Gasteiger partial charge < -0.3 is 4.74 Å². The molecule has 1 heterocycles. The van der Waals surface area contributed by atoms with Crippen LogP contribution in [0, 0.1) is 6.92 Å². The number of anilines is 1. The third kappa shape index (κ3) is 4.46. The van der Waals surface area contributed by atoms with Crippen LogP contribution >= 0.6 is 34.8 Å². The minimum Gasteiger partial charge on any atom is -0.490 e. The van der Waals surface area contributed by atoms with Crippen molar-refractivity contribution in [2.75, 3.05) is 11.5 Å². The number of nitrogens with zero attached hydrogens (tertiary/aromatic N) is 1. The topological polar surface area (TPSA) is 75.7 Å². The van der Waals surface area contributed by atoms with Gasteiger partial charge in [0.05, 0.1) is 22.3 Å². The molecule has 0 spiro atoms. The Morgan fingerprint density at radius 2 is 1.73 bits per heavy atom. The van der Waals surface area contributed by atoms with E-state index in [1.807, 2.05) is 6.92 Å². The molecule has 1 N–H and O–H groups in total. The molecule has 1 saturated heterocycles. The Balaban J connectivity index is 2.02. The molecule has 1 fully saturated rings. The monoisotopic (exact) mass is 466 g/mol. The van der Waals surface area contributed by atoms with Crippen LogP contribution in [0.5, 0.6) is 5.75 Å². The molecule has 2 aromatic carbocycles. The highest BCUT2D eigenvalue weighted by molar-refractivity contribution is 6.40. The lowest BCUT2D eigenvalue weighted by Gasteiger charge is -2.27. The third-order valence-corrected chi connectivity index (χ3v) is 5.09. The van der Waals surface area contributed by atoms with E-state index in [-0.39, 0.29) is 21.3 Å². The van der Waals surface area contributed by atoms with Gasteiger partial charge in [-0.1, -0.05) is 47.8 Å². The minimum absolute atomic E-state index is 0.241. The quantitative estimate of drug-likeness (QED) is 0.471. The first kappa shape index (κ1) is 22.2. The molecule has 4 amide bonds. The van der Waals surface area contributed by atoms with Crippen LogP contribution < -0.4 is 15.0 Å². The standard InChI is InChI=1S/C21H17Cl3N2O4/c1-3-6-30-18-15(23)8-12(9-16(18)24)7-14-19(27)25-21(29)26(20(14)28)17-10-13(22)5-4-11(17)2/h4-5,7-10H,3,6H2,1-2H3,(H,25,27,29)/b14-7+. The Hall–Kier alpha value is -2.54. The zero-order valence-corrected chi connectivity index (χ0v) is 18.4. The summed E-state index contributed by atoms with van der Waals surface area (Å²) in [5, 5.41) is 3.00. The van der Waals surface area contributed by atoms with Crippen molar-refractivity contribution in [1.82, 2.24) is 5.32 Å². The minimum atomic E-state index is -0.855. The number of barbiturate groups is 1. The van der Waals surface area contributed by atoms with E-state index >= 15 is 0 Å². The average Bonchev–Trinajstić information content (AvgIpc) is 2.67. The average molecular weight is 468 g/mol. The summed E-state index contributed by atoms with van der Waals surface area (Å²) in [6.45, 7) is 4.11. The lowest BCUT2D eigenvalue weighted by molar-refractivity contribution is -0.122. The number of carbonyl (C=O) groups excluding carboxylic acids is 3. The molecular formula is C21H17Cl3N2O4. The SMILES string of the molecule is CCCOc1c(Cl)cc(/C=C2\C(=O)NC(=O)N(c3cc(Cl)ccc3C)C2=O)cc1Cl. The molecule has 0 saturated carbocycles. The zero-order valence-electron chi connectivity index (χ0n) is 16.1. The number of imide groups is 2. The molecule has 30 heavy (non-hydrogen) atoms. The van der Waals surface area contributed by atoms with Crippen LogP contribution in [0.15, 0.2) is 35.9 Å². The van der Waals surface area contributed by atoms with Crippen molar-refractivity contribution in [2.24, 2.45) is 0 Å². The number of halogens is 3. The smallest absolute Gasteiger partial charge is 0.335 e. The number of aryl methyl sites for hydroxylation is 1. The van der Waals surface area contributed by atoms with Crippen LogP contribution in [0.25, 0.3) is 6.08 Å². The number of rotatable bonds is 5. The van der Waals surface area contributed by atoms with E-state index in [4.69, 9.17) is 39.5 Å². The summed E-state index contributed by atoms with van der Waals surface area (Å²) in [5.74, 6) is -1.28. The highest BCUT2D eigenvalue weighted by Crippen LogP contribution is 2.35. The van der Waals surface area contributed by atoms with Crippen molar-refractivity contribution in [3.8, 4) is 5.75 Å². The first-order valence-corrected chi connectivity index (χ1v) is 10.2. The van der Waals surface area contributed by atoms with Gasteiger partial charge in [0.1, 0.15) is 5.57 Å². The molecule has 6 nitrogen and oxygen atoms in total. The molecule has 0 aliphatic carbocycles. The van der Waals surface area contributed by atoms with Gasteiger partial charge >= 0.3 is 6.03 Å². The zero-order chi connectivity index (χ0) is 22.0. The van der Waals surface area contributed by atoms with Gasteiger partial charge in [0, 0.05) is 5.02 Å². The number of hydrogen-bond acceptors (Lipinski definition) is 4. The van der Waals surface area contributed by atoms with Gasteiger partial charge in [0.15, 0.2) is 5.75 Å². The highest BCUT2D eigenvalue weighted by atomic mass is 35.5. The maximum atomic E-state index is 13.0. The van der Waals surface area contributed by atoms with Crippen molar-refractivity contribution >= 4 is 64.4 Å². The van der Waals surface area contributed by atoms with Crippen molar-refractivity contribution in [2.45, 2.75) is 20.3 Å². The molecule has 0 bridgehead atoms. The first-order chi connectivity index (χ1) is 14.2. The van der Waals surface area contributed by atoms with Gasteiger partial charge in [-0.05, 0) is 54.8 Å². The second-order valence-electron chi connectivity index (χ2n) is 6.55. The number of carbonyl (C=O) groups is 3. The molecule has 2 aromatic rings. The van der Waals surface area contributed by atoms with Gasteiger partial charge in [-0.25, -0.2) is 9.69 Å². The third-order valence-electron chi connectivity index (χ3n) is 4.30. The van der Waals surface area contributed by atoms with Crippen LogP contribution in [0.2, 0.25) is 15.1 Å². The van der Waals surface area contributed by atoms with E-state index in [9.17, 15) is 14.4 Å². The summed E-state index contributed by atoms with van der Waals surface area (Å²) in [6.07, 6.45) is 2.10. The van der Waals surface area contributed by atoms with E-state index in [1.54, 1.807) is 19.1 Å². The highest BCUT2D eigenvalue weighted by Gasteiger charge is 2.37. The van der Waals surface area contributed by atoms with Crippen LogP contribution in [0.3, 0.4) is 0 Å². The lowest BCUT2D eigenvalue weighted by Crippen LogP contribution is -2.54. The number of nitrogens with one attached hydrogen (secondary N) is 1. The lowest BCUT2D eigenvalue weighted by atomic mass is 10.1. The van der Waals surface area contributed by atoms with Crippen LogP contribution in [-0.2, 0) is 9.59 Å². The van der Waals surface area contributed by atoms with Gasteiger partial charge in [-0.2, -0.15) is 0 Å². The Morgan fingerprint density at radius 1 is 1.07 bits per heavy atom. The van der Waals surface area contributed by atoms with Crippen LogP contribution in [-0.4, -0.2) is 24.5 Å². The maximum Gasteiger partial charge on any atom is 0.335 e. The summed E-state index contributed by atoms with van der Waals surface area (Å²) in [7, 11) is 0. The fraction of sp³-hybridized carbons (Fsp3) is 0.190. The number of urea groups is 1. The molecule has 0 aromatic heterocycles. The van der Waals surface area contributed by atoms with Crippen LogP contribution in [0.1, 0.15) is 24.5 Å². The fourth-order valence-corrected chi connectivity index (χ4v) is 3.65.